The van der Waals surface area contributed by atoms with E-state index in [1.54, 1.807) is 6.07 Å². The number of aliphatic hydroxyl groups is 1. The van der Waals surface area contributed by atoms with Crippen LogP contribution in [0.5, 0.6) is 0 Å². The van der Waals surface area contributed by atoms with Gasteiger partial charge in [0.25, 0.3) is 0 Å². The van der Waals surface area contributed by atoms with E-state index in [2.05, 4.69) is 27.6 Å². The third-order valence-electron chi connectivity index (χ3n) is 3.92. The summed E-state index contributed by atoms with van der Waals surface area (Å²) in [6, 6.07) is 4.69. The fourth-order valence-electron chi connectivity index (χ4n) is 2.84. The highest BCUT2D eigenvalue weighted by molar-refractivity contribution is 9.10. The van der Waals surface area contributed by atoms with E-state index < -0.39 is 15.6 Å². The van der Waals surface area contributed by atoms with Gasteiger partial charge in [-0.1, -0.05) is 35.7 Å². The van der Waals surface area contributed by atoms with Gasteiger partial charge in [-0.3, -0.25) is 0 Å². The second kappa shape index (κ2) is 6.24. The van der Waals surface area contributed by atoms with Crippen LogP contribution < -0.4 is 10.5 Å². The first kappa shape index (κ1) is 16.7. The molecule has 0 spiro atoms. The second-order valence-electron chi connectivity index (χ2n) is 5.93. The smallest absolute Gasteiger partial charge is 0.242 e. The van der Waals surface area contributed by atoms with Crippen LogP contribution in [0.1, 0.15) is 32.6 Å². The average Bonchev–Trinajstić information content (AvgIpc) is 2.39. The fraction of sp³-hybridized carbons (Fsp3) is 0.571. The average molecular weight is 377 g/mol. The normalized spacial score (nSPS) is 26.7. The zero-order valence-corrected chi connectivity index (χ0v) is 14.4. The minimum Gasteiger partial charge on any atom is -0.398 e. The van der Waals surface area contributed by atoms with E-state index >= 15 is 0 Å². The van der Waals surface area contributed by atoms with Crippen LogP contribution in [-0.4, -0.2) is 25.7 Å². The molecule has 7 heteroatoms. The Kier molecular flexibility index (Phi) is 4.97. The maximum absolute atomic E-state index is 12.3. The number of rotatable bonds is 4. The van der Waals surface area contributed by atoms with Crippen LogP contribution in [0.3, 0.4) is 0 Å². The Morgan fingerprint density at radius 3 is 2.90 bits per heavy atom. The summed E-state index contributed by atoms with van der Waals surface area (Å²) >= 11 is 3.24. The van der Waals surface area contributed by atoms with Gasteiger partial charge in [-0.2, -0.15) is 0 Å². The van der Waals surface area contributed by atoms with Gasteiger partial charge in [-0.15, -0.1) is 0 Å². The third-order valence-corrected chi connectivity index (χ3v) is 5.87. The molecule has 1 aromatic rings. The molecule has 118 valence electrons. The highest BCUT2D eigenvalue weighted by Gasteiger charge is 2.34. The molecule has 1 aromatic carbocycles. The van der Waals surface area contributed by atoms with Crippen molar-refractivity contribution in [3.8, 4) is 0 Å². The first-order valence-electron chi connectivity index (χ1n) is 6.99. The Balaban J connectivity index is 2.13. The summed E-state index contributed by atoms with van der Waals surface area (Å²) in [6.07, 6.45) is 3.23. The lowest BCUT2D eigenvalue weighted by Gasteiger charge is -2.35. The van der Waals surface area contributed by atoms with Gasteiger partial charge in [0.15, 0.2) is 0 Å². The molecule has 0 aliphatic heterocycles. The second-order valence-corrected chi connectivity index (χ2v) is 8.58. The molecule has 2 rings (SSSR count). The number of benzene rings is 1. The van der Waals surface area contributed by atoms with Gasteiger partial charge in [0, 0.05) is 11.0 Å². The van der Waals surface area contributed by atoms with E-state index in [9.17, 15) is 13.5 Å². The van der Waals surface area contributed by atoms with Crippen molar-refractivity contribution in [2.24, 2.45) is 5.92 Å². The Morgan fingerprint density at radius 1 is 1.52 bits per heavy atom. The van der Waals surface area contributed by atoms with Gasteiger partial charge in [0.2, 0.25) is 10.0 Å². The molecule has 0 radical (unpaired) electrons. The number of halogens is 1. The van der Waals surface area contributed by atoms with Crippen molar-refractivity contribution in [3.05, 3.63) is 22.7 Å². The van der Waals surface area contributed by atoms with E-state index in [-0.39, 0.29) is 17.1 Å². The maximum atomic E-state index is 12.3. The van der Waals surface area contributed by atoms with Crippen molar-refractivity contribution >= 4 is 31.6 Å². The lowest BCUT2D eigenvalue weighted by molar-refractivity contribution is -0.00751. The largest absolute Gasteiger partial charge is 0.398 e. The molecule has 1 aliphatic carbocycles. The summed E-state index contributed by atoms with van der Waals surface area (Å²) in [5.74, 6) is 0.407. The number of sulfonamides is 1. The summed E-state index contributed by atoms with van der Waals surface area (Å²) in [4.78, 5) is 0.0318. The molecule has 5 nitrogen and oxygen atoms in total. The predicted molar refractivity (Wildman–Crippen MR) is 86.3 cm³/mol. The number of nitrogen functional groups attached to an aromatic ring is 1. The fourth-order valence-corrected chi connectivity index (χ4v) is 4.63. The predicted octanol–water partition coefficient (Wildman–Crippen LogP) is 2.25. The van der Waals surface area contributed by atoms with Crippen molar-refractivity contribution in [3.63, 3.8) is 0 Å². The number of hydrogen-bond acceptors (Lipinski definition) is 4. The molecule has 2 unspecified atom stereocenters. The van der Waals surface area contributed by atoms with Gasteiger partial charge in [-0.05, 0) is 37.0 Å². The van der Waals surface area contributed by atoms with Crippen LogP contribution in [0.4, 0.5) is 5.69 Å². The Morgan fingerprint density at radius 2 is 2.24 bits per heavy atom. The molecule has 4 N–H and O–H groups in total. The molecule has 0 bridgehead atoms. The van der Waals surface area contributed by atoms with E-state index in [1.165, 1.54) is 12.1 Å². The summed E-state index contributed by atoms with van der Waals surface area (Å²) in [7, 11) is -3.73. The molecule has 0 amide bonds. The van der Waals surface area contributed by atoms with Crippen LogP contribution in [-0.2, 0) is 10.0 Å². The number of nitrogens with one attached hydrogen (secondary N) is 1. The lowest BCUT2D eigenvalue weighted by Crippen LogP contribution is -2.45. The molecule has 1 aliphatic rings. The van der Waals surface area contributed by atoms with Crippen molar-refractivity contribution < 1.29 is 13.5 Å². The van der Waals surface area contributed by atoms with Crippen LogP contribution in [0.25, 0.3) is 0 Å². The van der Waals surface area contributed by atoms with Gasteiger partial charge in [-0.25, -0.2) is 13.1 Å². The highest BCUT2D eigenvalue weighted by atomic mass is 79.9. The summed E-state index contributed by atoms with van der Waals surface area (Å²) in [5.41, 5.74) is 4.96. The lowest BCUT2D eigenvalue weighted by atomic mass is 9.79. The first-order valence-corrected chi connectivity index (χ1v) is 9.27. The molecular formula is C14H21BrN2O3S. The Bertz CT molecular complexity index is 621. The SMILES string of the molecule is CC1CCCC(O)(CNS(=O)(=O)c2cc(Br)ccc2N)C1. The van der Waals surface area contributed by atoms with Crippen molar-refractivity contribution in [1.29, 1.82) is 0 Å². The summed E-state index contributed by atoms with van der Waals surface area (Å²) < 4.78 is 27.8. The first-order chi connectivity index (χ1) is 9.72. The summed E-state index contributed by atoms with van der Waals surface area (Å²) in [5, 5.41) is 10.5. The zero-order valence-electron chi connectivity index (χ0n) is 12.0. The van der Waals surface area contributed by atoms with Gasteiger partial charge < -0.3 is 10.8 Å². The topological polar surface area (TPSA) is 92.4 Å². The molecule has 1 saturated carbocycles. The third kappa shape index (κ3) is 4.18. The maximum Gasteiger partial charge on any atom is 0.242 e. The zero-order chi connectivity index (χ0) is 15.7. The molecule has 1 fully saturated rings. The standard InChI is InChI=1S/C14H21BrN2O3S/c1-10-3-2-6-14(18,8-10)9-17-21(19,20)13-7-11(15)4-5-12(13)16/h4-5,7,10,17-18H,2-3,6,8-9,16H2,1H3. The Hall–Kier alpha value is -0.630. The van der Waals surface area contributed by atoms with E-state index in [0.29, 0.717) is 23.2 Å². The molecule has 0 aromatic heterocycles. The van der Waals surface area contributed by atoms with Crippen LogP contribution >= 0.6 is 15.9 Å². The highest BCUT2D eigenvalue weighted by Crippen LogP contribution is 2.32. The molecule has 2 atom stereocenters. The van der Waals surface area contributed by atoms with Crippen LogP contribution in [0.2, 0.25) is 0 Å². The van der Waals surface area contributed by atoms with Crippen molar-refractivity contribution in [2.75, 3.05) is 12.3 Å². The van der Waals surface area contributed by atoms with Crippen molar-refractivity contribution in [1.82, 2.24) is 4.72 Å². The van der Waals surface area contributed by atoms with E-state index in [1.807, 2.05) is 0 Å². The van der Waals surface area contributed by atoms with Gasteiger partial charge in [0.05, 0.1) is 11.3 Å². The molecular weight excluding hydrogens is 356 g/mol. The number of hydrogen-bond donors (Lipinski definition) is 3. The number of nitrogens with two attached hydrogens (primary N) is 1. The van der Waals surface area contributed by atoms with Gasteiger partial charge >= 0.3 is 0 Å². The van der Waals surface area contributed by atoms with E-state index in [0.717, 1.165) is 12.8 Å². The minimum absolute atomic E-state index is 0.0195. The molecule has 0 saturated heterocycles. The number of anilines is 1. The van der Waals surface area contributed by atoms with Crippen molar-refractivity contribution in [2.45, 2.75) is 43.1 Å². The summed E-state index contributed by atoms with van der Waals surface area (Å²) in [6.45, 7) is 2.09. The van der Waals surface area contributed by atoms with E-state index in [4.69, 9.17) is 5.73 Å². The molecule has 21 heavy (non-hydrogen) atoms. The monoisotopic (exact) mass is 376 g/mol. The van der Waals surface area contributed by atoms with Crippen LogP contribution in [0, 0.1) is 5.92 Å². The van der Waals surface area contributed by atoms with Crippen LogP contribution in [0.15, 0.2) is 27.6 Å². The quantitative estimate of drug-likeness (QED) is 0.702. The Labute approximate surface area is 134 Å². The minimum atomic E-state index is -3.73. The molecule has 0 heterocycles. The van der Waals surface area contributed by atoms with Gasteiger partial charge in [0.1, 0.15) is 4.90 Å².